The van der Waals surface area contributed by atoms with Crippen LogP contribution in [-0.2, 0) is 7.05 Å². The summed E-state index contributed by atoms with van der Waals surface area (Å²) in [6, 6.07) is 4.58. The summed E-state index contributed by atoms with van der Waals surface area (Å²) in [7, 11) is 1.96. The smallest absolute Gasteiger partial charge is 0.321 e. The van der Waals surface area contributed by atoms with Gasteiger partial charge in [0.05, 0.1) is 0 Å². The van der Waals surface area contributed by atoms with Gasteiger partial charge in [-0.1, -0.05) is 18.9 Å². The van der Waals surface area contributed by atoms with Crippen LogP contribution in [0.2, 0.25) is 0 Å². The van der Waals surface area contributed by atoms with Crippen molar-refractivity contribution in [2.75, 3.05) is 18.4 Å². The molecular formula is C19H24FN5O. The van der Waals surface area contributed by atoms with E-state index in [1.165, 1.54) is 18.9 Å². The van der Waals surface area contributed by atoms with Crippen molar-refractivity contribution in [2.45, 2.75) is 38.5 Å². The molecule has 2 fully saturated rings. The van der Waals surface area contributed by atoms with Crippen LogP contribution in [0.1, 0.15) is 43.0 Å². The molecule has 1 saturated heterocycles. The summed E-state index contributed by atoms with van der Waals surface area (Å²) in [5, 5.41) is 11.2. The third-order valence-corrected chi connectivity index (χ3v) is 6.10. The summed E-state index contributed by atoms with van der Waals surface area (Å²) in [6.07, 6.45) is 6.30. The number of aromatic nitrogens is 3. The Morgan fingerprint density at radius 1 is 1.35 bits per heavy atom. The van der Waals surface area contributed by atoms with Gasteiger partial charge in [-0.05, 0) is 37.3 Å². The third kappa shape index (κ3) is 2.75. The summed E-state index contributed by atoms with van der Waals surface area (Å²) < 4.78 is 15.7. The minimum atomic E-state index is -0.312. The number of hydrogen-bond acceptors (Lipinski definition) is 3. The number of anilines is 1. The van der Waals surface area contributed by atoms with E-state index < -0.39 is 0 Å². The predicted molar refractivity (Wildman–Crippen MR) is 96.4 cm³/mol. The highest BCUT2D eigenvalue weighted by molar-refractivity contribution is 5.90. The summed E-state index contributed by atoms with van der Waals surface area (Å²) in [4.78, 5) is 14.7. The number of carbonyl (C=O) groups excluding carboxylic acids is 1. The largest absolute Gasteiger partial charge is 0.323 e. The van der Waals surface area contributed by atoms with Crippen LogP contribution >= 0.6 is 0 Å². The maximum absolute atomic E-state index is 13.8. The van der Waals surface area contributed by atoms with E-state index in [1.807, 2.05) is 16.5 Å². The lowest BCUT2D eigenvalue weighted by molar-refractivity contribution is 0.212. The van der Waals surface area contributed by atoms with Crippen LogP contribution in [0, 0.1) is 18.2 Å². The zero-order valence-electron chi connectivity index (χ0n) is 15.2. The van der Waals surface area contributed by atoms with Crippen molar-refractivity contribution in [3.8, 4) is 0 Å². The number of rotatable bonds is 2. The molecule has 1 aromatic heterocycles. The van der Waals surface area contributed by atoms with Crippen LogP contribution < -0.4 is 5.32 Å². The molecule has 2 aromatic rings. The van der Waals surface area contributed by atoms with Gasteiger partial charge in [-0.3, -0.25) is 0 Å². The van der Waals surface area contributed by atoms with Gasteiger partial charge in [0.2, 0.25) is 0 Å². The van der Waals surface area contributed by atoms with Crippen LogP contribution in [0.5, 0.6) is 0 Å². The van der Waals surface area contributed by atoms with E-state index in [9.17, 15) is 9.18 Å². The lowest BCUT2D eigenvalue weighted by atomic mass is 9.76. The molecule has 2 aliphatic rings. The van der Waals surface area contributed by atoms with Crippen molar-refractivity contribution in [3.63, 3.8) is 0 Å². The van der Waals surface area contributed by atoms with E-state index in [2.05, 4.69) is 15.5 Å². The van der Waals surface area contributed by atoms with Crippen molar-refractivity contribution >= 4 is 11.7 Å². The molecule has 1 unspecified atom stereocenters. The number of nitrogens with zero attached hydrogens (tertiary/aromatic N) is 4. The summed E-state index contributed by atoms with van der Waals surface area (Å²) in [6.45, 7) is 3.01. The van der Waals surface area contributed by atoms with E-state index in [4.69, 9.17) is 0 Å². The van der Waals surface area contributed by atoms with Gasteiger partial charge in [-0.2, -0.15) is 0 Å². The zero-order chi connectivity index (χ0) is 18.3. The molecule has 4 rings (SSSR count). The molecule has 138 valence electrons. The fraction of sp³-hybridized carbons (Fsp3) is 0.526. The van der Waals surface area contributed by atoms with Gasteiger partial charge in [0.1, 0.15) is 18.0 Å². The fourth-order valence-corrected chi connectivity index (χ4v) is 4.61. The molecule has 2 amide bonds. The van der Waals surface area contributed by atoms with Crippen LogP contribution in [0.25, 0.3) is 0 Å². The van der Waals surface area contributed by atoms with Crippen molar-refractivity contribution < 1.29 is 9.18 Å². The van der Waals surface area contributed by atoms with Crippen LogP contribution in [-0.4, -0.2) is 38.8 Å². The van der Waals surface area contributed by atoms with E-state index in [0.717, 1.165) is 18.7 Å². The normalized spacial score (nSPS) is 21.5. The number of likely N-dealkylation sites (tertiary alicyclic amines) is 1. The Morgan fingerprint density at radius 2 is 2.12 bits per heavy atom. The van der Waals surface area contributed by atoms with Crippen molar-refractivity contribution in [2.24, 2.45) is 12.5 Å². The highest BCUT2D eigenvalue weighted by atomic mass is 19.1. The van der Waals surface area contributed by atoms with E-state index in [0.29, 0.717) is 24.3 Å². The van der Waals surface area contributed by atoms with Gasteiger partial charge < -0.3 is 14.8 Å². The minimum Gasteiger partial charge on any atom is -0.323 e. The van der Waals surface area contributed by atoms with Crippen LogP contribution in [0.4, 0.5) is 14.9 Å². The average molecular weight is 357 g/mol. The summed E-state index contributed by atoms with van der Waals surface area (Å²) in [5.41, 5.74) is 1.06. The Balaban J connectivity index is 1.57. The third-order valence-electron chi connectivity index (χ3n) is 6.10. The van der Waals surface area contributed by atoms with Crippen LogP contribution in [0.3, 0.4) is 0 Å². The first-order valence-corrected chi connectivity index (χ1v) is 9.15. The van der Waals surface area contributed by atoms with E-state index in [-0.39, 0.29) is 23.2 Å². The zero-order valence-corrected chi connectivity index (χ0v) is 15.2. The van der Waals surface area contributed by atoms with Gasteiger partial charge in [0.25, 0.3) is 0 Å². The molecule has 1 aromatic carbocycles. The number of carbonyl (C=O) groups is 1. The predicted octanol–water partition coefficient (Wildman–Crippen LogP) is 3.45. The maximum Gasteiger partial charge on any atom is 0.321 e. The number of aryl methyl sites for hydroxylation is 1. The Morgan fingerprint density at radius 3 is 2.81 bits per heavy atom. The minimum absolute atomic E-state index is 0.0785. The molecule has 2 heterocycles. The molecule has 1 aliphatic carbocycles. The van der Waals surface area contributed by atoms with Crippen molar-refractivity contribution in [1.29, 1.82) is 0 Å². The monoisotopic (exact) mass is 357 g/mol. The highest BCUT2D eigenvalue weighted by Crippen LogP contribution is 2.52. The van der Waals surface area contributed by atoms with Crippen LogP contribution in [0.15, 0.2) is 24.5 Å². The van der Waals surface area contributed by atoms with Crippen molar-refractivity contribution in [1.82, 2.24) is 19.7 Å². The molecule has 7 heteroatoms. The van der Waals surface area contributed by atoms with Gasteiger partial charge in [0, 0.05) is 37.3 Å². The molecule has 1 spiro atoms. The first-order chi connectivity index (χ1) is 12.5. The summed E-state index contributed by atoms with van der Waals surface area (Å²) in [5.74, 6) is 0.828. The SMILES string of the molecule is Cc1c(F)cccc1NC(=O)N1CC(c2nncn2C)C2(CCCC2)C1. The molecule has 0 bridgehead atoms. The fourth-order valence-electron chi connectivity index (χ4n) is 4.61. The van der Waals surface area contributed by atoms with Crippen molar-refractivity contribution in [3.05, 3.63) is 41.7 Å². The first-order valence-electron chi connectivity index (χ1n) is 9.15. The van der Waals surface area contributed by atoms with E-state index in [1.54, 1.807) is 25.4 Å². The first kappa shape index (κ1) is 17.0. The Bertz CT molecular complexity index is 827. The van der Waals surface area contributed by atoms with Gasteiger partial charge in [-0.15, -0.1) is 10.2 Å². The maximum atomic E-state index is 13.8. The standard InChI is InChI=1S/C19H24FN5O/c1-13-15(20)6-5-7-16(13)22-18(26)25-10-14(17-23-21-12-24(17)2)19(11-25)8-3-4-9-19/h5-7,12,14H,3-4,8-11H2,1-2H3,(H,22,26). The number of hydrogen-bond donors (Lipinski definition) is 1. The Labute approximate surface area is 152 Å². The Hall–Kier alpha value is -2.44. The second kappa shape index (κ2) is 6.37. The molecule has 1 N–H and O–H groups in total. The molecule has 0 radical (unpaired) electrons. The molecule has 1 aliphatic heterocycles. The molecule has 26 heavy (non-hydrogen) atoms. The number of benzene rings is 1. The summed E-state index contributed by atoms with van der Waals surface area (Å²) >= 11 is 0. The van der Waals surface area contributed by atoms with E-state index >= 15 is 0 Å². The lowest BCUT2D eigenvalue weighted by Crippen LogP contribution is -2.35. The molecular weight excluding hydrogens is 333 g/mol. The number of nitrogens with one attached hydrogen (secondary N) is 1. The number of amides is 2. The van der Waals surface area contributed by atoms with Gasteiger partial charge in [0.15, 0.2) is 0 Å². The van der Waals surface area contributed by atoms with Gasteiger partial charge in [-0.25, -0.2) is 9.18 Å². The number of halogens is 1. The Kier molecular flexibility index (Phi) is 4.17. The lowest BCUT2D eigenvalue weighted by Gasteiger charge is -2.28. The molecule has 1 atom stereocenters. The highest BCUT2D eigenvalue weighted by Gasteiger charge is 2.51. The quantitative estimate of drug-likeness (QED) is 0.895. The average Bonchev–Trinajstić information content (AvgIpc) is 3.33. The number of urea groups is 1. The second-order valence-corrected chi connectivity index (χ2v) is 7.65. The molecule has 1 saturated carbocycles. The van der Waals surface area contributed by atoms with Gasteiger partial charge >= 0.3 is 6.03 Å². The second-order valence-electron chi connectivity index (χ2n) is 7.65. The molecule has 6 nitrogen and oxygen atoms in total. The topological polar surface area (TPSA) is 63.1 Å².